The Bertz CT molecular complexity index is 853. The summed E-state index contributed by atoms with van der Waals surface area (Å²) in [6.07, 6.45) is -4.04. The number of carbonyl (C=O) groups is 3. The number of nitrogens with zero attached hydrogens (tertiary/aromatic N) is 3. The lowest BCUT2D eigenvalue weighted by molar-refractivity contribution is -0.142. The Morgan fingerprint density at radius 1 is 1.16 bits per heavy atom. The van der Waals surface area contributed by atoms with Gasteiger partial charge in [0.05, 0.1) is 11.1 Å². The molecule has 10 heteroatoms. The van der Waals surface area contributed by atoms with Gasteiger partial charge in [-0.3, -0.25) is 14.3 Å². The Balaban J connectivity index is 1.91. The fraction of sp³-hybridized carbons (Fsp3) is 0.200. The highest BCUT2D eigenvalue weighted by atomic mass is 19.4. The number of halogens is 3. The van der Waals surface area contributed by atoms with Crippen LogP contribution in [0.5, 0.6) is 0 Å². The number of amides is 2. The molecule has 130 valence electrons. The van der Waals surface area contributed by atoms with Gasteiger partial charge >= 0.3 is 12.1 Å². The first kappa shape index (κ1) is 16.7. The molecule has 0 atom stereocenters. The monoisotopic (exact) mass is 353 g/mol. The van der Waals surface area contributed by atoms with Gasteiger partial charge in [0.1, 0.15) is 5.56 Å². The topological polar surface area (TPSA) is 81.5 Å². The largest absolute Gasteiger partial charge is 0.436 e. The number of rotatable bonds is 3. The van der Waals surface area contributed by atoms with Crippen LogP contribution in [0.1, 0.15) is 43.7 Å². The van der Waals surface area contributed by atoms with Gasteiger partial charge < -0.3 is 4.84 Å². The molecule has 0 radical (unpaired) electrons. The van der Waals surface area contributed by atoms with E-state index in [1.54, 1.807) is 0 Å². The molecule has 0 N–H and O–H groups in total. The molecule has 1 aliphatic rings. The Morgan fingerprint density at radius 3 is 2.20 bits per heavy atom. The van der Waals surface area contributed by atoms with Crippen LogP contribution in [0.15, 0.2) is 30.5 Å². The van der Waals surface area contributed by atoms with E-state index in [0.29, 0.717) is 0 Å². The third-order valence-electron chi connectivity index (χ3n) is 3.51. The van der Waals surface area contributed by atoms with Crippen molar-refractivity contribution in [1.29, 1.82) is 0 Å². The summed E-state index contributed by atoms with van der Waals surface area (Å²) in [7, 11) is 0. The van der Waals surface area contributed by atoms with E-state index in [1.807, 2.05) is 0 Å². The number of imide groups is 1. The summed E-state index contributed by atoms with van der Waals surface area (Å²) in [6, 6.07) is 5.70. The highest BCUT2D eigenvalue weighted by Gasteiger charge is 2.43. The van der Waals surface area contributed by atoms with E-state index in [4.69, 9.17) is 0 Å². The summed E-state index contributed by atoms with van der Waals surface area (Å²) >= 11 is 0. The van der Waals surface area contributed by atoms with Crippen molar-refractivity contribution in [2.75, 3.05) is 0 Å². The maximum absolute atomic E-state index is 13.0. The molecule has 0 saturated carbocycles. The van der Waals surface area contributed by atoms with Gasteiger partial charge in [0, 0.05) is 12.7 Å². The summed E-state index contributed by atoms with van der Waals surface area (Å²) in [6.45, 7) is 1.62. The van der Waals surface area contributed by atoms with Gasteiger partial charge in [0.25, 0.3) is 11.8 Å². The minimum atomic E-state index is -4.89. The number of fused-ring (bicyclic) bond motifs is 1. The van der Waals surface area contributed by atoms with Gasteiger partial charge in [0.2, 0.25) is 0 Å². The van der Waals surface area contributed by atoms with E-state index in [1.165, 1.54) is 31.2 Å². The Morgan fingerprint density at radius 2 is 1.72 bits per heavy atom. The van der Waals surface area contributed by atoms with Gasteiger partial charge in [-0.1, -0.05) is 17.2 Å². The number of carbonyl (C=O) groups excluding carboxylic acids is 3. The maximum Gasteiger partial charge on any atom is 0.436 e. The molecule has 2 heterocycles. The van der Waals surface area contributed by atoms with Crippen LogP contribution in [-0.4, -0.2) is 32.6 Å². The molecule has 25 heavy (non-hydrogen) atoms. The molecule has 2 aromatic rings. The van der Waals surface area contributed by atoms with E-state index >= 15 is 0 Å². The van der Waals surface area contributed by atoms with Crippen molar-refractivity contribution in [3.63, 3.8) is 0 Å². The molecule has 1 aliphatic heterocycles. The van der Waals surface area contributed by atoms with Crippen LogP contribution < -0.4 is 0 Å². The number of aromatic nitrogens is 2. The quantitative estimate of drug-likeness (QED) is 0.791. The Labute approximate surface area is 138 Å². The first-order valence-corrected chi connectivity index (χ1v) is 7.08. The second-order valence-electron chi connectivity index (χ2n) is 5.07. The number of alkyl halides is 3. The SMILES string of the molecule is CCn1cc(C(=O)ON2C(=O)c3ccccc3C2=O)c(C(F)(F)F)n1. The predicted octanol–water partition coefficient (Wildman–Crippen LogP) is 2.29. The molecule has 0 aliphatic carbocycles. The highest BCUT2D eigenvalue weighted by Crippen LogP contribution is 2.32. The van der Waals surface area contributed by atoms with Crippen LogP contribution in [0.2, 0.25) is 0 Å². The molecular formula is C15H10F3N3O4. The Hall–Kier alpha value is -3.17. The van der Waals surface area contributed by atoms with Crippen molar-refractivity contribution in [1.82, 2.24) is 14.8 Å². The normalized spacial score (nSPS) is 14.0. The predicted molar refractivity (Wildman–Crippen MR) is 75.3 cm³/mol. The number of hydroxylamine groups is 2. The standard InChI is InChI=1S/C15H10F3N3O4/c1-2-20-7-10(11(19-20)15(16,17)18)14(24)25-21-12(22)8-5-3-4-6-9(8)13(21)23/h3-7H,2H2,1H3. The van der Waals surface area contributed by atoms with Crippen molar-refractivity contribution in [3.8, 4) is 0 Å². The number of benzene rings is 1. The van der Waals surface area contributed by atoms with Gasteiger partial charge in [-0.05, 0) is 19.1 Å². The van der Waals surface area contributed by atoms with Crippen LogP contribution in [0.25, 0.3) is 0 Å². The molecule has 0 bridgehead atoms. The molecule has 2 amide bonds. The van der Waals surface area contributed by atoms with Crippen molar-refractivity contribution < 1.29 is 32.4 Å². The van der Waals surface area contributed by atoms with Gasteiger partial charge in [-0.25, -0.2) is 4.79 Å². The molecule has 0 unspecified atom stereocenters. The number of hydrogen-bond acceptors (Lipinski definition) is 5. The second-order valence-corrected chi connectivity index (χ2v) is 5.07. The Kier molecular flexibility index (Phi) is 3.82. The average Bonchev–Trinajstić information content (AvgIpc) is 3.11. The molecule has 0 spiro atoms. The molecule has 1 aromatic heterocycles. The smallest absolute Gasteiger partial charge is 0.324 e. The first-order valence-electron chi connectivity index (χ1n) is 7.08. The van der Waals surface area contributed by atoms with E-state index < -0.39 is 35.2 Å². The van der Waals surface area contributed by atoms with Crippen LogP contribution in [-0.2, 0) is 17.6 Å². The maximum atomic E-state index is 13.0. The van der Waals surface area contributed by atoms with Gasteiger partial charge in [0.15, 0.2) is 5.69 Å². The summed E-state index contributed by atoms with van der Waals surface area (Å²) in [5, 5.41) is 3.42. The molecule has 0 fully saturated rings. The third-order valence-corrected chi connectivity index (χ3v) is 3.51. The highest BCUT2D eigenvalue weighted by molar-refractivity contribution is 6.21. The lowest BCUT2D eigenvalue weighted by Crippen LogP contribution is -2.33. The summed E-state index contributed by atoms with van der Waals surface area (Å²) in [4.78, 5) is 41.0. The first-order chi connectivity index (χ1) is 11.7. The van der Waals surface area contributed by atoms with Crippen LogP contribution >= 0.6 is 0 Å². The van der Waals surface area contributed by atoms with E-state index in [2.05, 4.69) is 9.94 Å². The fourth-order valence-corrected chi connectivity index (χ4v) is 2.32. The van der Waals surface area contributed by atoms with Crippen molar-refractivity contribution in [2.45, 2.75) is 19.6 Å². The average molecular weight is 353 g/mol. The fourth-order valence-electron chi connectivity index (χ4n) is 2.32. The zero-order valence-corrected chi connectivity index (χ0v) is 12.7. The third kappa shape index (κ3) is 2.75. The van der Waals surface area contributed by atoms with Crippen LogP contribution in [0.4, 0.5) is 13.2 Å². The molecule has 1 aromatic carbocycles. The van der Waals surface area contributed by atoms with Crippen LogP contribution in [0, 0.1) is 0 Å². The van der Waals surface area contributed by atoms with Crippen molar-refractivity contribution in [3.05, 3.63) is 52.8 Å². The van der Waals surface area contributed by atoms with E-state index in [-0.39, 0.29) is 22.7 Å². The molecule has 0 saturated heterocycles. The summed E-state index contributed by atoms with van der Waals surface area (Å²) in [5.41, 5.74) is -2.33. The summed E-state index contributed by atoms with van der Waals surface area (Å²) < 4.78 is 39.9. The van der Waals surface area contributed by atoms with Crippen LogP contribution in [0.3, 0.4) is 0 Å². The lowest BCUT2D eigenvalue weighted by atomic mass is 10.1. The molecule has 7 nitrogen and oxygen atoms in total. The second kappa shape index (κ2) is 5.72. The minimum Gasteiger partial charge on any atom is -0.324 e. The van der Waals surface area contributed by atoms with Crippen molar-refractivity contribution >= 4 is 17.8 Å². The van der Waals surface area contributed by atoms with Crippen molar-refractivity contribution in [2.24, 2.45) is 0 Å². The zero-order valence-electron chi connectivity index (χ0n) is 12.7. The minimum absolute atomic E-state index is 0.000554. The lowest BCUT2D eigenvalue weighted by Gasteiger charge is -2.12. The number of hydrogen-bond donors (Lipinski definition) is 0. The van der Waals surface area contributed by atoms with Gasteiger partial charge in [-0.15, -0.1) is 0 Å². The van der Waals surface area contributed by atoms with Gasteiger partial charge in [-0.2, -0.15) is 18.3 Å². The van der Waals surface area contributed by atoms with E-state index in [9.17, 15) is 27.6 Å². The molecule has 3 rings (SSSR count). The van der Waals surface area contributed by atoms with E-state index in [0.717, 1.165) is 10.9 Å². The number of aryl methyl sites for hydroxylation is 1. The summed E-state index contributed by atoms with van der Waals surface area (Å²) in [5.74, 6) is -3.35. The molecular weight excluding hydrogens is 343 g/mol. The zero-order chi connectivity index (χ0) is 18.4.